The molecule has 0 saturated carbocycles. The van der Waals surface area contributed by atoms with Gasteiger partial charge < -0.3 is 19.1 Å². The second kappa shape index (κ2) is 9.44. The van der Waals surface area contributed by atoms with Gasteiger partial charge in [-0.2, -0.15) is 4.99 Å². The van der Waals surface area contributed by atoms with Crippen molar-refractivity contribution in [3.8, 4) is 17.2 Å². The molecule has 2 fully saturated rings. The number of anilines is 1. The zero-order valence-electron chi connectivity index (χ0n) is 18.3. The van der Waals surface area contributed by atoms with Crippen molar-refractivity contribution in [3.05, 3.63) is 47.0 Å². The summed E-state index contributed by atoms with van der Waals surface area (Å²) in [6.45, 7) is 0. The number of carbonyl (C=O) groups is 1. The van der Waals surface area contributed by atoms with Gasteiger partial charge in [-0.25, -0.2) is 8.42 Å². The van der Waals surface area contributed by atoms with Crippen LogP contribution in [-0.2, 0) is 21.1 Å². The van der Waals surface area contributed by atoms with E-state index in [-0.39, 0.29) is 29.1 Å². The molecule has 2 aromatic carbocycles. The van der Waals surface area contributed by atoms with Crippen LogP contribution in [-0.4, -0.2) is 63.6 Å². The Morgan fingerprint density at radius 2 is 1.79 bits per heavy atom. The molecule has 2 heterocycles. The van der Waals surface area contributed by atoms with Crippen LogP contribution in [0.1, 0.15) is 5.56 Å². The van der Waals surface area contributed by atoms with E-state index in [9.17, 15) is 13.2 Å². The summed E-state index contributed by atoms with van der Waals surface area (Å²) >= 11 is 7.66. The number of sulfone groups is 1. The number of aliphatic imine (C=N–C) groups is 1. The van der Waals surface area contributed by atoms with Gasteiger partial charge in [-0.3, -0.25) is 4.79 Å². The summed E-state index contributed by atoms with van der Waals surface area (Å²) in [5.41, 5.74) is 1.25. The van der Waals surface area contributed by atoms with Crippen molar-refractivity contribution in [3.63, 3.8) is 0 Å². The monoisotopic (exact) mass is 510 g/mol. The number of benzene rings is 2. The summed E-state index contributed by atoms with van der Waals surface area (Å²) in [7, 11) is 1.33. The van der Waals surface area contributed by atoms with Crippen molar-refractivity contribution in [1.29, 1.82) is 0 Å². The second-order valence-electron chi connectivity index (χ2n) is 7.61. The summed E-state index contributed by atoms with van der Waals surface area (Å²) in [6.07, 6.45) is 0.0516. The molecule has 0 aromatic heterocycles. The average molecular weight is 511 g/mol. The fourth-order valence-corrected chi connectivity index (χ4v) is 8.20. The number of fused-ring (bicyclic) bond motifs is 1. The molecule has 0 unspecified atom stereocenters. The Kier molecular flexibility index (Phi) is 6.78. The van der Waals surface area contributed by atoms with Gasteiger partial charge in [0.05, 0.1) is 56.0 Å². The minimum atomic E-state index is -3.22. The lowest BCUT2D eigenvalue weighted by atomic mass is 10.1. The van der Waals surface area contributed by atoms with Gasteiger partial charge in [0, 0.05) is 16.9 Å². The topological polar surface area (TPSA) is 94.5 Å². The van der Waals surface area contributed by atoms with Crippen molar-refractivity contribution in [2.24, 2.45) is 4.99 Å². The lowest BCUT2D eigenvalue weighted by molar-refractivity contribution is -0.117. The van der Waals surface area contributed by atoms with E-state index in [0.29, 0.717) is 33.1 Å². The predicted molar refractivity (Wildman–Crippen MR) is 130 cm³/mol. The van der Waals surface area contributed by atoms with Crippen LogP contribution in [0, 0.1) is 0 Å². The Morgan fingerprint density at radius 1 is 1.09 bits per heavy atom. The molecule has 2 aromatic rings. The van der Waals surface area contributed by atoms with Crippen molar-refractivity contribution in [1.82, 2.24) is 0 Å². The quantitative estimate of drug-likeness (QED) is 0.584. The normalized spacial score (nSPS) is 22.3. The SMILES string of the molecule is COc1cc(OC)c(N2C(=NC(=O)Cc3ccccc3OC)S[C@H]3CS(=O)(=O)C[C@@H]32)cc1Cl. The predicted octanol–water partition coefficient (Wildman–Crippen LogP) is 3.21. The first kappa shape index (κ1) is 23.7. The van der Waals surface area contributed by atoms with E-state index >= 15 is 0 Å². The fourth-order valence-electron chi connectivity index (χ4n) is 4.04. The lowest BCUT2D eigenvalue weighted by Gasteiger charge is -2.27. The van der Waals surface area contributed by atoms with Gasteiger partial charge in [-0.1, -0.05) is 41.6 Å². The van der Waals surface area contributed by atoms with E-state index in [1.807, 2.05) is 18.2 Å². The highest BCUT2D eigenvalue weighted by molar-refractivity contribution is 8.16. The molecule has 8 nitrogen and oxygen atoms in total. The molecular formula is C22H23ClN2O6S2. The molecule has 0 bridgehead atoms. The smallest absolute Gasteiger partial charge is 0.252 e. The number of thioether (sulfide) groups is 1. The Hall–Kier alpha value is -2.43. The molecule has 2 aliphatic rings. The fraction of sp³-hybridized carbons (Fsp3) is 0.364. The van der Waals surface area contributed by atoms with Gasteiger partial charge in [-0.15, -0.1) is 0 Å². The first-order valence-corrected chi connectivity index (χ1v) is 13.2. The molecule has 0 N–H and O–H groups in total. The number of hydrogen-bond donors (Lipinski definition) is 0. The summed E-state index contributed by atoms with van der Waals surface area (Å²) in [5, 5.41) is 0.500. The van der Waals surface area contributed by atoms with Crippen LogP contribution in [0.25, 0.3) is 0 Å². The highest BCUT2D eigenvalue weighted by Crippen LogP contribution is 2.46. The third-order valence-electron chi connectivity index (χ3n) is 5.53. The molecular weight excluding hydrogens is 488 g/mol. The number of para-hydroxylation sites is 1. The number of halogens is 1. The number of nitrogens with zero attached hydrogens (tertiary/aromatic N) is 2. The molecule has 0 radical (unpaired) electrons. The zero-order chi connectivity index (χ0) is 23.8. The molecule has 2 aliphatic heterocycles. The van der Waals surface area contributed by atoms with Crippen molar-refractivity contribution < 1.29 is 27.4 Å². The largest absolute Gasteiger partial charge is 0.496 e. The molecule has 0 aliphatic carbocycles. The number of amides is 1. The Bertz CT molecular complexity index is 1220. The van der Waals surface area contributed by atoms with Crippen molar-refractivity contribution >= 4 is 50.0 Å². The third-order valence-corrected chi connectivity index (χ3v) is 9.04. The van der Waals surface area contributed by atoms with E-state index in [0.717, 1.165) is 5.56 Å². The minimum Gasteiger partial charge on any atom is -0.496 e. The Balaban J connectivity index is 1.73. The van der Waals surface area contributed by atoms with Crippen LogP contribution in [0.4, 0.5) is 5.69 Å². The van der Waals surface area contributed by atoms with E-state index in [1.54, 1.807) is 30.2 Å². The van der Waals surface area contributed by atoms with Crippen LogP contribution < -0.4 is 19.1 Å². The molecule has 0 spiro atoms. The third kappa shape index (κ3) is 4.78. The Morgan fingerprint density at radius 3 is 2.48 bits per heavy atom. The van der Waals surface area contributed by atoms with Gasteiger partial charge in [0.25, 0.3) is 5.91 Å². The molecule has 4 rings (SSSR count). The number of carbonyl (C=O) groups excluding carboxylic acids is 1. The summed E-state index contributed by atoms with van der Waals surface area (Å²) in [5.74, 6) is 1.07. The molecule has 11 heteroatoms. The average Bonchev–Trinajstić information content (AvgIpc) is 3.24. The maximum Gasteiger partial charge on any atom is 0.252 e. The van der Waals surface area contributed by atoms with Gasteiger partial charge in [0.15, 0.2) is 15.0 Å². The Labute approximate surface area is 201 Å². The zero-order valence-corrected chi connectivity index (χ0v) is 20.7. The molecule has 2 saturated heterocycles. The standard InChI is InChI=1S/C22H23ClN2O6S2/c1-29-17-7-5-4-6-13(17)8-21(26)24-22-25(16-11-33(27,28)12-20(16)32-22)15-9-14(23)18(30-2)10-19(15)31-3/h4-7,9-10,16,20H,8,11-12H2,1-3H3/t16-,20-/m0/s1. The maximum absolute atomic E-state index is 12.9. The maximum atomic E-state index is 12.9. The second-order valence-corrected chi connectivity index (χ2v) is 11.4. The van der Waals surface area contributed by atoms with Gasteiger partial charge in [-0.05, 0) is 12.1 Å². The van der Waals surface area contributed by atoms with Crippen LogP contribution in [0.5, 0.6) is 17.2 Å². The van der Waals surface area contributed by atoms with E-state index < -0.39 is 15.9 Å². The van der Waals surface area contributed by atoms with Crippen LogP contribution in [0.15, 0.2) is 41.4 Å². The summed E-state index contributed by atoms with van der Waals surface area (Å²) in [4.78, 5) is 19.0. The van der Waals surface area contributed by atoms with Gasteiger partial charge in [0.2, 0.25) is 0 Å². The highest BCUT2D eigenvalue weighted by Gasteiger charge is 2.50. The lowest BCUT2D eigenvalue weighted by Crippen LogP contribution is -2.38. The first-order chi connectivity index (χ1) is 15.8. The van der Waals surface area contributed by atoms with E-state index in [4.69, 9.17) is 25.8 Å². The minimum absolute atomic E-state index is 0.0186. The van der Waals surface area contributed by atoms with Gasteiger partial charge >= 0.3 is 0 Å². The van der Waals surface area contributed by atoms with Crippen LogP contribution in [0.2, 0.25) is 5.02 Å². The van der Waals surface area contributed by atoms with Crippen LogP contribution >= 0.6 is 23.4 Å². The van der Waals surface area contributed by atoms with E-state index in [1.165, 1.54) is 26.0 Å². The number of ether oxygens (including phenoxy) is 3. The first-order valence-electron chi connectivity index (χ1n) is 10.1. The van der Waals surface area contributed by atoms with Crippen LogP contribution in [0.3, 0.4) is 0 Å². The number of amidine groups is 1. The number of hydrogen-bond acceptors (Lipinski definition) is 7. The number of rotatable bonds is 6. The summed E-state index contributed by atoms with van der Waals surface area (Å²) in [6, 6.07) is 10.1. The highest BCUT2D eigenvalue weighted by atomic mass is 35.5. The van der Waals surface area contributed by atoms with Gasteiger partial charge in [0.1, 0.15) is 17.2 Å². The van der Waals surface area contributed by atoms with Crippen molar-refractivity contribution in [2.75, 3.05) is 37.7 Å². The molecule has 1 amide bonds. The molecule has 176 valence electrons. The van der Waals surface area contributed by atoms with E-state index in [2.05, 4.69) is 4.99 Å². The number of methoxy groups -OCH3 is 3. The summed E-state index contributed by atoms with van der Waals surface area (Å²) < 4.78 is 40.8. The molecule has 2 atom stereocenters. The van der Waals surface area contributed by atoms with Crippen molar-refractivity contribution in [2.45, 2.75) is 17.7 Å². The molecule has 33 heavy (non-hydrogen) atoms.